The van der Waals surface area contributed by atoms with Crippen LogP contribution in [0, 0.1) is 0 Å². The third kappa shape index (κ3) is 3.08. The largest absolute Gasteiger partial charge is 0.389 e. The zero-order chi connectivity index (χ0) is 12.8. The monoisotopic (exact) mass is 249 g/mol. The quantitative estimate of drug-likeness (QED) is 0.783. The van der Waals surface area contributed by atoms with E-state index in [1.807, 2.05) is 25.1 Å². The molecule has 7 nitrogen and oxygen atoms in total. The van der Waals surface area contributed by atoms with Crippen molar-refractivity contribution in [2.75, 3.05) is 13.2 Å². The third-order valence-electron chi connectivity index (χ3n) is 2.32. The van der Waals surface area contributed by atoms with Crippen LogP contribution in [0.3, 0.4) is 0 Å². The highest BCUT2D eigenvalue weighted by molar-refractivity contribution is 5.47. The molecule has 0 saturated heterocycles. The fourth-order valence-electron chi connectivity index (χ4n) is 1.51. The van der Waals surface area contributed by atoms with Crippen LogP contribution in [0.2, 0.25) is 0 Å². The lowest BCUT2D eigenvalue weighted by atomic mass is 10.3. The average Bonchev–Trinajstić information content (AvgIpc) is 2.85. The molecule has 2 rings (SSSR count). The number of pyridine rings is 1. The first-order chi connectivity index (χ1) is 8.81. The van der Waals surface area contributed by atoms with Crippen molar-refractivity contribution in [3.8, 4) is 11.5 Å². The van der Waals surface area contributed by atoms with E-state index in [-0.39, 0.29) is 13.2 Å². The van der Waals surface area contributed by atoms with Crippen molar-refractivity contribution in [2.45, 2.75) is 19.6 Å². The van der Waals surface area contributed by atoms with Crippen molar-refractivity contribution >= 4 is 0 Å². The molecule has 0 saturated carbocycles. The van der Waals surface area contributed by atoms with Crippen LogP contribution in [0.15, 0.2) is 24.4 Å². The summed E-state index contributed by atoms with van der Waals surface area (Å²) >= 11 is 0. The molecular formula is C11H15N5O2. The molecular weight excluding hydrogens is 234 g/mol. The molecule has 0 aliphatic carbocycles. The van der Waals surface area contributed by atoms with Gasteiger partial charge in [-0.15, -0.1) is 5.10 Å². The molecule has 0 fully saturated rings. The van der Waals surface area contributed by atoms with Gasteiger partial charge in [0.25, 0.3) is 0 Å². The van der Waals surface area contributed by atoms with E-state index in [1.54, 1.807) is 6.20 Å². The van der Waals surface area contributed by atoms with E-state index < -0.39 is 6.10 Å². The standard InChI is InChI=1S/C11H15N5O2/c1-2-18-8-9(17)7-16-11(13-14-15-16)10-5-3-4-6-12-10/h3-6,9,17H,2,7-8H2,1H3/t9-/m0/s1. The van der Waals surface area contributed by atoms with Gasteiger partial charge in [0.2, 0.25) is 5.82 Å². The van der Waals surface area contributed by atoms with Crippen molar-refractivity contribution in [1.29, 1.82) is 0 Å². The lowest BCUT2D eigenvalue weighted by Gasteiger charge is -2.10. The van der Waals surface area contributed by atoms with Gasteiger partial charge in [-0.25, -0.2) is 4.68 Å². The van der Waals surface area contributed by atoms with Gasteiger partial charge in [0.15, 0.2) is 0 Å². The van der Waals surface area contributed by atoms with Gasteiger partial charge in [0, 0.05) is 12.8 Å². The Bertz CT molecular complexity index is 473. The molecule has 0 spiro atoms. The number of hydrogen-bond donors (Lipinski definition) is 1. The summed E-state index contributed by atoms with van der Waals surface area (Å²) in [6.45, 7) is 2.99. The highest BCUT2D eigenvalue weighted by atomic mass is 16.5. The van der Waals surface area contributed by atoms with Crippen LogP contribution in [0.4, 0.5) is 0 Å². The highest BCUT2D eigenvalue weighted by Gasteiger charge is 2.13. The van der Waals surface area contributed by atoms with Crippen LogP contribution in [-0.2, 0) is 11.3 Å². The molecule has 0 aromatic carbocycles. The second-order valence-electron chi connectivity index (χ2n) is 3.71. The Morgan fingerprint density at radius 2 is 2.33 bits per heavy atom. The van der Waals surface area contributed by atoms with Crippen LogP contribution >= 0.6 is 0 Å². The van der Waals surface area contributed by atoms with Gasteiger partial charge in [0.1, 0.15) is 5.69 Å². The number of aliphatic hydroxyl groups excluding tert-OH is 1. The number of aromatic nitrogens is 5. The first kappa shape index (κ1) is 12.6. The Balaban J connectivity index is 2.09. The Morgan fingerprint density at radius 1 is 1.44 bits per heavy atom. The molecule has 0 bridgehead atoms. The maximum atomic E-state index is 9.76. The topological polar surface area (TPSA) is 86.0 Å². The molecule has 2 heterocycles. The van der Waals surface area contributed by atoms with Gasteiger partial charge in [-0.3, -0.25) is 4.98 Å². The third-order valence-corrected chi connectivity index (χ3v) is 2.32. The van der Waals surface area contributed by atoms with E-state index in [0.717, 1.165) is 0 Å². The fraction of sp³-hybridized carbons (Fsp3) is 0.455. The predicted molar refractivity (Wildman–Crippen MR) is 63.5 cm³/mol. The lowest BCUT2D eigenvalue weighted by Crippen LogP contribution is -2.23. The summed E-state index contributed by atoms with van der Waals surface area (Å²) in [5.74, 6) is 0.533. The summed E-state index contributed by atoms with van der Waals surface area (Å²) in [7, 11) is 0. The van der Waals surface area contributed by atoms with Gasteiger partial charge in [0.05, 0.1) is 19.3 Å². The Morgan fingerprint density at radius 3 is 3.06 bits per heavy atom. The normalized spacial score (nSPS) is 12.6. The molecule has 0 aliphatic heterocycles. The van der Waals surface area contributed by atoms with E-state index >= 15 is 0 Å². The van der Waals surface area contributed by atoms with Gasteiger partial charge in [-0.2, -0.15) is 0 Å². The van der Waals surface area contributed by atoms with E-state index in [1.165, 1.54) is 4.68 Å². The van der Waals surface area contributed by atoms with Crippen molar-refractivity contribution < 1.29 is 9.84 Å². The molecule has 2 aromatic heterocycles. The highest BCUT2D eigenvalue weighted by Crippen LogP contribution is 2.11. The van der Waals surface area contributed by atoms with Crippen LogP contribution in [-0.4, -0.2) is 49.6 Å². The van der Waals surface area contributed by atoms with Crippen molar-refractivity contribution in [3.05, 3.63) is 24.4 Å². The maximum Gasteiger partial charge on any atom is 0.200 e. The number of hydrogen-bond acceptors (Lipinski definition) is 6. The minimum atomic E-state index is -0.643. The Labute approximate surface area is 104 Å². The molecule has 0 aliphatic rings. The zero-order valence-corrected chi connectivity index (χ0v) is 10.1. The van der Waals surface area contributed by atoms with Gasteiger partial charge >= 0.3 is 0 Å². The molecule has 0 unspecified atom stereocenters. The number of aliphatic hydroxyl groups is 1. The second kappa shape index (κ2) is 6.18. The van der Waals surface area contributed by atoms with E-state index in [2.05, 4.69) is 20.5 Å². The van der Waals surface area contributed by atoms with E-state index in [9.17, 15) is 5.11 Å². The van der Waals surface area contributed by atoms with Gasteiger partial charge in [-0.05, 0) is 29.5 Å². The SMILES string of the molecule is CCOC[C@@H](O)Cn1nnnc1-c1ccccn1. The van der Waals surface area contributed by atoms with Gasteiger partial charge < -0.3 is 9.84 Å². The molecule has 7 heteroatoms. The van der Waals surface area contributed by atoms with Crippen LogP contribution in [0.1, 0.15) is 6.92 Å². The number of ether oxygens (including phenoxy) is 1. The zero-order valence-electron chi connectivity index (χ0n) is 10.1. The smallest absolute Gasteiger partial charge is 0.200 e. The number of rotatable bonds is 6. The second-order valence-corrected chi connectivity index (χ2v) is 3.71. The summed E-state index contributed by atoms with van der Waals surface area (Å²) in [5, 5.41) is 21.1. The first-order valence-corrected chi connectivity index (χ1v) is 5.74. The van der Waals surface area contributed by atoms with Gasteiger partial charge in [-0.1, -0.05) is 6.07 Å². The molecule has 96 valence electrons. The van der Waals surface area contributed by atoms with E-state index in [0.29, 0.717) is 18.1 Å². The maximum absolute atomic E-state index is 9.76. The lowest BCUT2D eigenvalue weighted by molar-refractivity contribution is 0.0316. The van der Waals surface area contributed by atoms with E-state index in [4.69, 9.17) is 4.74 Å². The summed E-state index contributed by atoms with van der Waals surface area (Å²) in [6, 6.07) is 5.50. The van der Waals surface area contributed by atoms with Crippen LogP contribution in [0.5, 0.6) is 0 Å². The minimum Gasteiger partial charge on any atom is -0.389 e. The molecule has 18 heavy (non-hydrogen) atoms. The van der Waals surface area contributed by atoms with Crippen LogP contribution in [0.25, 0.3) is 11.5 Å². The first-order valence-electron chi connectivity index (χ1n) is 5.74. The van der Waals surface area contributed by atoms with Crippen molar-refractivity contribution in [2.24, 2.45) is 0 Å². The average molecular weight is 249 g/mol. The fourth-order valence-corrected chi connectivity index (χ4v) is 1.51. The number of nitrogens with zero attached hydrogens (tertiary/aromatic N) is 5. The predicted octanol–water partition coefficient (Wildman–Crippen LogP) is 0.132. The summed E-state index contributed by atoms with van der Waals surface area (Å²) in [4.78, 5) is 4.18. The minimum absolute atomic E-state index is 0.262. The molecule has 1 N–H and O–H groups in total. The van der Waals surface area contributed by atoms with Crippen LogP contribution < -0.4 is 0 Å². The Hall–Kier alpha value is -1.86. The molecule has 2 aromatic rings. The van der Waals surface area contributed by atoms with Crippen molar-refractivity contribution in [3.63, 3.8) is 0 Å². The summed E-state index contributed by atoms with van der Waals surface area (Å²) in [6.07, 6.45) is 1.03. The molecule has 0 amide bonds. The molecule has 0 radical (unpaired) electrons. The summed E-state index contributed by atoms with van der Waals surface area (Å²) in [5.41, 5.74) is 0.672. The molecule has 1 atom stereocenters. The number of tetrazole rings is 1. The van der Waals surface area contributed by atoms with Crippen molar-refractivity contribution in [1.82, 2.24) is 25.2 Å². The summed E-state index contributed by atoms with van der Waals surface area (Å²) < 4.78 is 6.66. The Kier molecular flexibility index (Phi) is 4.32.